The van der Waals surface area contributed by atoms with Crippen LogP contribution in [-0.4, -0.2) is 30.4 Å². The van der Waals surface area contributed by atoms with Gasteiger partial charge in [-0.2, -0.15) is 0 Å². The van der Waals surface area contributed by atoms with Crippen molar-refractivity contribution in [3.63, 3.8) is 0 Å². The maximum absolute atomic E-state index is 13.0. The Balaban J connectivity index is 1.49. The van der Waals surface area contributed by atoms with Gasteiger partial charge in [0.05, 0.1) is 7.11 Å². The molecule has 0 unspecified atom stereocenters. The van der Waals surface area contributed by atoms with E-state index in [1.807, 2.05) is 29.2 Å². The van der Waals surface area contributed by atoms with Gasteiger partial charge in [-0.15, -0.1) is 0 Å². The van der Waals surface area contributed by atoms with Gasteiger partial charge in [-0.1, -0.05) is 36.4 Å². The Bertz CT molecular complexity index is 1060. The molecule has 1 heterocycles. The van der Waals surface area contributed by atoms with Crippen LogP contribution in [0.1, 0.15) is 31.8 Å². The lowest BCUT2D eigenvalue weighted by atomic mass is 9.99. The van der Waals surface area contributed by atoms with Crippen LogP contribution >= 0.6 is 0 Å². The van der Waals surface area contributed by atoms with Crippen LogP contribution in [-0.2, 0) is 13.0 Å². The molecule has 0 spiro atoms. The molecule has 3 aromatic carbocycles. The van der Waals surface area contributed by atoms with E-state index in [9.17, 15) is 9.59 Å². The summed E-state index contributed by atoms with van der Waals surface area (Å²) in [4.78, 5) is 27.5. The fraction of sp³-hybridized carbons (Fsp3) is 0.167. The zero-order valence-corrected chi connectivity index (χ0v) is 16.2. The SMILES string of the molecule is COc1cccc(NC(=O)c2cccc(C(=O)N3CCc4ccccc4C3)c2)c1. The van der Waals surface area contributed by atoms with Crippen molar-refractivity contribution in [2.24, 2.45) is 0 Å². The predicted octanol–water partition coefficient (Wildman–Crippen LogP) is 4.15. The number of rotatable bonds is 4. The average molecular weight is 386 g/mol. The lowest BCUT2D eigenvalue weighted by molar-refractivity contribution is 0.0734. The molecule has 0 bridgehead atoms. The summed E-state index contributed by atoms with van der Waals surface area (Å²) >= 11 is 0. The van der Waals surface area contributed by atoms with Crippen molar-refractivity contribution in [3.8, 4) is 5.75 Å². The van der Waals surface area contributed by atoms with Gasteiger partial charge in [-0.3, -0.25) is 9.59 Å². The third-order valence-electron chi connectivity index (χ3n) is 5.12. The highest BCUT2D eigenvalue weighted by Crippen LogP contribution is 2.21. The number of hydrogen-bond acceptors (Lipinski definition) is 3. The van der Waals surface area contributed by atoms with Crippen molar-refractivity contribution < 1.29 is 14.3 Å². The molecule has 0 aliphatic carbocycles. The molecule has 0 radical (unpaired) electrons. The topological polar surface area (TPSA) is 58.6 Å². The first-order valence-corrected chi connectivity index (χ1v) is 9.55. The number of methoxy groups -OCH3 is 1. The van der Waals surface area contributed by atoms with Gasteiger partial charge in [0, 0.05) is 36.0 Å². The Morgan fingerprint density at radius 2 is 1.66 bits per heavy atom. The van der Waals surface area contributed by atoms with Gasteiger partial charge in [-0.05, 0) is 47.9 Å². The van der Waals surface area contributed by atoms with Gasteiger partial charge < -0.3 is 15.0 Å². The predicted molar refractivity (Wildman–Crippen MR) is 112 cm³/mol. The summed E-state index contributed by atoms with van der Waals surface area (Å²) in [5.41, 5.74) is 4.07. The summed E-state index contributed by atoms with van der Waals surface area (Å²) in [5.74, 6) is 0.338. The van der Waals surface area contributed by atoms with Crippen molar-refractivity contribution in [3.05, 3.63) is 95.1 Å². The maximum Gasteiger partial charge on any atom is 0.255 e. The molecule has 3 aromatic rings. The highest BCUT2D eigenvalue weighted by molar-refractivity contribution is 6.06. The van der Waals surface area contributed by atoms with Crippen LogP contribution < -0.4 is 10.1 Å². The molecule has 1 aliphatic heterocycles. The second kappa shape index (κ2) is 8.19. The number of benzene rings is 3. The Kier molecular flexibility index (Phi) is 5.29. The van der Waals surface area contributed by atoms with Crippen molar-refractivity contribution in [1.29, 1.82) is 0 Å². The van der Waals surface area contributed by atoms with Gasteiger partial charge in [0.2, 0.25) is 0 Å². The summed E-state index contributed by atoms with van der Waals surface area (Å²) in [6, 6.07) is 22.2. The number of ether oxygens (including phenoxy) is 1. The lowest BCUT2D eigenvalue weighted by Gasteiger charge is -2.29. The molecule has 0 aromatic heterocycles. The van der Waals surface area contributed by atoms with E-state index in [1.54, 1.807) is 43.5 Å². The van der Waals surface area contributed by atoms with Gasteiger partial charge >= 0.3 is 0 Å². The van der Waals surface area contributed by atoms with Gasteiger partial charge in [-0.25, -0.2) is 0 Å². The van der Waals surface area contributed by atoms with Gasteiger partial charge in [0.25, 0.3) is 11.8 Å². The Hall–Kier alpha value is -3.60. The Morgan fingerprint density at radius 1 is 0.897 bits per heavy atom. The second-order valence-corrected chi connectivity index (χ2v) is 7.01. The van der Waals surface area contributed by atoms with Crippen LogP contribution in [0.2, 0.25) is 0 Å². The van der Waals surface area contributed by atoms with Gasteiger partial charge in [0.15, 0.2) is 0 Å². The molecule has 2 amide bonds. The third kappa shape index (κ3) is 4.14. The van der Waals surface area contributed by atoms with Crippen molar-refractivity contribution >= 4 is 17.5 Å². The van der Waals surface area contributed by atoms with Crippen LogP contribution in [0.4, 0.5) is 5.69 Å². The first-order chi connectivity index (χ1) is 14.1. The fourth-order valence-corrected chi connectivity index (χ4v) is 3.55. The van der Waals surface area contributed by atoms with Crippen molar-refractivity contribution in [1.82, 2.24) is 4.90 Å². The first kappa shape index (κ1) is 18.7. The van der Waals surface area contributed by atoms with Crippen molar-refractivity contribution in [2.45, 2.75) is 13.0 Å². The summed E-state index contributed by atoms with van der Waals surface area (Å²) in [6.07, 6.45) is 0.845. The average Bonchev–Trinajstić information content (AvgIpc) is 2.78. The summed E-state index contributed by atoms with van der Waals surface area (Å²) in [7, 11) is 1.58. The zero-order chi connectivity index (χ0) is 20.2. The molecule has 0 saturated carbocycles. The molecule has 29 heavy (non-hydrogen) atoms. The maximum atomic E-state index is 13.0. The quantitative estimate of drug-likeness (QED) is 0.733. The number of anilines is 1. The molecule has 146 valence electrons. The second-order valence-electron chi connectivity index (χ2n) is 7.01. The number of carbonyl (C=O) groups excluding carboxylic acids is 2. The molecule has 4 rings (SSSR count). The molecule has 1 aliphatic rings. The molecule has 5 heteroatoms. The minimum absolute atomic E-state index is 0.0597. The van der Waals surface area contributed by atoms with E-state index in [-0.39, 0.29) is 11.8 Å². The largest absolute Gasteiger partial charge is 0.497 e. The normalized spacial score (nSPS) is 12.8. The number of carbonyl (C=O) groups is 2. The summed E-state index contributed by atoms with van der Waals surface area (Å²) < 4.78 is 5.18. The van der Waals surface area contributed by atoms with Crippen LogP contribution in [0.3, 0.4) is 0 Å². The number of hydrogen-bond donors (Lipinski definition) is 1. The summed E-state index contributed by atoms with van der Waals surface area (Å²) in [6.45, 7) is 1.27. The van der Waals surface area contributed by atoms with E-state index in [1.165, 1.54) is 11.1 Å². The van der Waals surface area contributed by atoms with Crippen LogP contribution in [0, 0.1) is 0 Å². The monoisotopic (exact) mass is 386 g/mol. The molecule has 0 saturated heterocycles. The number of amides is 2. The van der Waals surface area contributed by atoms with Gasteiger partial charge in [0.1, 0.15) is 5.75 Å². The molecule has 0 fully saturated rings. The molecule has 1 N–H and O–H groups in total. The fourth-order valence-electron chi connectivity index (χ4n) is 3.55. The first-order valence-electron chi connectivity index (χ1n) is 9.55. The van der Waals surface area contributed by atoms with Crippen LogP contribution in [0.25, 0.3) is 0 Å². The van der Waals surface area contributed by atoms with E-state index in [0.717, 1.165) is 6.42 Å². The molecular weight excluding hydrogens is 364 g/mol. The third-order valence-corrected chi connectivity index (χ3v) is 5.12. The minimum atomic E-state index is -0.267. The summed E-state index contributed by atoms with van der Waals surface area (Å²) in [5, 5.41) is 2.85. The van der Waals surface area contributed by atoms with Crippen LogP contribution in [0.15, 0.2) is 72.8 Å². The zero-order valence-electron chi connectivity index (χ0n) is 16.2. The van der Waals surface area contributed by atoms with E-state index in [2.05, 4.69) is 17.4 Å². The van der Waals surface area contributed by atoms with E-state index < -0.39 is 0 Å². The molecular formula is C24H22N2O3. The highest BCUT2D eigenvalue weighted by Gasteiger charge is 2.22. The number of nitrogens with one attached hydrogen (secondary N) is 1. The number of fused-ring (bicyclic) bond motifs is 1. The lowest BCUT2D eigenvalue weighted by Crippen LogP contribution is -2.36. The van der Waals surface area contributed by atoms with E-state index >= 15 is 0 Å². The molecule has 5 nitrogen and oxygen atoms in total. The van der Waals surface area contributed by atoms with E-state index in [4.69, 9.17) is 4.74 Å². The van der Waals surface area contributed by atoms with Crippen molar-refractivity contribution in [2.75, 3.05) is 19.0 Å². The minimum Gasteiger partial charge on any atom is -0.497 e. The standard InChI is InChI=1S/C24H22N2O3/c1-29-22-11-5-10-21(15-22)25-23(27)18-8-4-9-19(14-18)24(28)26-13-12-17-6-2-3-7-20(17)16-26/h2-11,14-15H,12-13,16H2,1H3,(H,25,27). The Morgan fingerprint density at radius 3 is 2.48 bits per heavy atom. The van der Waals surface area contributed by atoms with E-state index in [0.29, 0.717) is 35.7 Å². The molecule has 0 atom stereocenters. The smallest absolute Gasteiger partial charge is 0.255 e. The number of nitrogens with zero attached hydrogens (tertiary/aromatic N) is 1. The Labute approximate surface area is 169 Å². The highest BCUT2D eigenvalue weighted by atomic mass is 16.5. The van der Waals surface area contributed by atoms with Crippen LogP contribution in [0.5, 0.6) is 5.75 Å².